The standard InChI is InChI=1S/C85H138O17P2/c1-5-9-13-17-21-25-29-33-36-38-39-41-43-47-50-54-58-62-66-70-83(88)96-76-81(102-85(90)72-68-64-60-56-52-48-44-40-37-34-30-26-22-18-14-10-6-2)78-100-104(93,94)98-74-79(86)73-97-103(91,92)99-77-80(101-84(89)71-67-63-59-55-51-45-32-28-24-20-16-12-8-4)75-95-82(87)69-65-61-57-53-49-46-42-35-31-27-23-19-15-11-7-3/h10-11,14-15,21-23,25-28,32-37,39,41-42,44,48-49,53,56,60-61,65,79-81,86H,5-9,12-13,16-20,24,29-31,38,40,43,45-47,50-52,54-55,57-59,62-64,66-78H2,1-4H3,(H,91,92)(H,93,94)/b14-10-,15-11-,25-21-,26-22-,27-23-,32-28-,36-33-,37-34-,41-39-,42-35-,48-44-,53-49-,60-56-,65-61-. The molecule has 0 saturated heterocycles. The highest BCUT2D eigenvalue weighted by Gasteiger charge is 2.30. The van der Waals surface area contributed by atoms with E-state index in [4.69, 9.17) is 37.0 Å². The minimum absolute atomic E-state index is 0.00540. The van der Waals surface area contributed by atoms with Crippen LogP contribution in [0.4, 0.5) is 0 Å². The average Bonchev–Trinajstić information content (AvgIpc) is 0.917. The van der Waals surface area contributed by atoms with Gasteiger partial charge in [0, 0.05) is 19.3 Å². The molecule has 5 unspecified atom stereocenters. The van der Waals surface area contributed by atoms with Gasteiger partial charge in [-0.05, 0) is 154 Å². The number of phosphoric acid groups is 2. The lowest BCUT2D eigenvalue weighted by molar-refractivity contribution is -0.161. The van der Waals surface area contributed by atoms with Crippen LogP contribution in [0.5, 0.6) is 0 Å². The number of aliphatic hydroxyl groups is 1. The van der Waals surface area contributed by atoms with E-state index in [9.17, 15) is 43.2 Å². The zero-order valence-corrected chi connectivity index (χ0v) is 66.2. The summed E-state index contributed by atoms with van der Waals surface area (Å²) in [4.78, 5) is 72.9. The van der Waals surface area contributed by atoms with Crippen molar-refractivity contribution in [3.63, 3.8) is 0 Å². The Morgan fingerprint density at radius 2 is 0.548 bits per heavy atom. The summed E-state index contributed by atoms with van der Waals surface area (Å²) in [7, 11) is -10.0. The molecule has 104 heavy (non-hydrogen) atoms. The van der Waals surface area contributed by atoms with E-state index in [0.29, 0.717) is 32.1 Å². The van der Waals surface area contributed by atoms with Crippen LogP contribution in [-0.4, -0.2) is 96.7 Å². The molecule has 0 heterocycles. The fourth-order valence-electron chi connectivity index (χ4n) is 9.74. The smallest absolute Gasteiger partial charge is 0.462 e. The Balaban J connectivity index is 5.50. The zero-order chi connectivity index (χ0) is 76.0. The highest BCUT2D eigenvalue weighted by atomic mass is 31.2. The van der Waals surface area contributed by atoms with Crippen molar-refractivity contribution in [1.29, 1.82) is 0 Å². The first-order valence-corrected chi connectivity index (χ1v) is 42.4. The number of carbonyl (C=O) groups excluding carboxylic acids is 4. The summed E-state index contributed by atoms with van der Waals surface area (Å²) >= 11 is 0. The fraction of sp³-hybridized carbons (Fsp3) is 0.624. The van der Waals surface area contributed by atoms with Gasteiger partial charge in [-0.15, -0.1) is 0 Å². The van der Waals surface area contributed by atoms with Crippen molar-refractivity contribution in [2.75, 3.05) is 39.6 Å². The van der Waals surface area contributed by atoms with Gasteiger partial charge in [-0.25, -0.2) is 9.13 Å². The minimum atomic E-state index is -5.01. The molecule has 0 aliphatic rings. The molecule has 0 rings (SSSR count). The van der Waals surface area contributed by atoms with Gasteiger partial charge in [-0.1, -0.05) is 275 Å². The van der Waals surface area contributed by atoms with E-state index in [1.165, 1.54) is 44.9 Å². The van der Waals surface area contributed by atoms with Gasteiger partial charge in [0.15, 0.2) is 12.2 Å². The molecule has 0 spiro atoms. The molecule has 0 fully saturated rings. The molecule has 17 nitrogen and oxygen atoms in total. The number of esters is 4. The van der Waals surface area contributed by atoms with Gasteiger partial charge in [0.05, 0.1) is 32.8 Å². The maximum absolute atomic E-state index is 13.1. The van der Waals surface area contributed by atoms with Crippen LogP contribution in [0, 0.1) is 0 Å². The van der Waals surface area contributed by atoms with Crippen molar-refractivity contribution >= 4 is 39.5 Å². The van der Waals surface area contributed by atoms with Crippen molar-refractivity contribution in [3.05, 3.63) is 170 Å². The van der Waals surface area contributed by atoms with Crippen molar-refractivity contribution in [3.8, 4) is 0 Å². The van der Waals surface area contributed by atoms with Crippen LogP contribution in [0.2, 0.25) is 0 Å². The van der Waals surface area contributed by atoms with E-state index >= 15 is 0 Å². The summed E-state index contributed by atoms with van der Waals surface area (Å²) < 4.78 is 68.4. The largest absolute Gasteiger partial charge is 0.472 e. The lowest BCUT2D eigenvalue weighted by Crippen LogP contribution is -2.30. The SMILES string of the molecule is CC/C=C\C/C=C\C/C=C\C/C=C\C/C=C\CCCC(=O)OC(COC(=O)CCCCCCCC/C=C\C/C=C\C/C=C\CCCCC)COP(=O)(O)OCC(O)COP(=O)(O)OCC(COC(=O)C/C=C\C/C=C\C/C=C\C/C=C\C/C=C\CC)OC(=O)CCCCCCC/C=C\CCCCCC. The maximum Gasteiger partial charge on any atom is 0.472 e. The van der Waals surface area contributed by atoms with Crippen LogP contribution >= 0.6 is 15.6 Å². The van der Waals surface area contributed by atoms with Crippen LogP contribution in [0.15, 0.2) is 170 Å². The Hall–Kier alpha value is -5.58. The first kappa shape index (κ1) is 98.4. The predicted molar refractivity (Wildman–Crippen MR) is 426 cm³/mol. The quantitative estimate of drug-likeness (QED) is 0.0169. The summed E-state index contributed by atoms with van der Waals surface area (Å²) in [5.41, 5.74) is 0. The molecule has 0 radical (unpaired) electrons. The lowest BCUT2D eigenvalue weighted by atomic mass is 10.1. The van der Waals surface area contributed by atoms with Gasteiger partial charge in [-0.2, -0.15) is 0 Å². The van der Waals surface area contributed by atoms with Crippen LogP contribution in [0.25, 0.3) is 0 Å². The minimum Gasteiger partial charge on any atom is -0.462 e. The molecule has 0 bridgehead atoms. The molecular formula is C85H138O17P2. The van der Waals surface area contributed by atoms with E-state index in [0.717, 1.165) is 154 Å². The highest BCUT2D eigenvalue weighted by Crippen LogP contribution is 2.45. The molecule has 3 N–H and O–H groups in total. The molecule has 0 aromatic heterocycles. The number of carbonyl (C=O) groups is 4. The second kappa shape index (κ2) is 75.6. The summed E-state index contributed by atoms with van der Waals surface area (Å²) in [5, 5.41) is 10.6. The number of phosphoric ester groups is 2. The van der Waals surface area contributed by atoms with Crippen molar-refractivity contribution in [2.24, 2.45) is 0 Å². The first-order chi connectivity index (χ1) is 50.7. The van der Waals surface area contributed by atoms with Crippen molar-refractivity contribution < 1.29 is 80.2 Å². The number of unbranched alkanes of at least 4 members (excludes halogenated alkanes) is 19. The molecule has 0 aromatic carbocycles. The molecule has 0 aliphatic heterocycles. The molecule has 0 amide bonds. The molecule has 19 heteroatoms. The maximum atomic E-state index is 13.1. The van der Waals surface area contributed by atoms with Crippen LogP contribution < -0.4 is 0 Å². The Bertz CT molecular complexity index is 2640. The van der Waals surface area contributed by atoms with E-state index in [2.05, 4.69) is 161 Å². The van der Waals surface area contributed by atoms with Gasteiger partial charge in [0.1, 0.15) is 19.3 Å². The molecule has 5 atom stereocenters. The number of rotatable bonds is 72. The predicted octanol–water partition coefficient (Wildman–Crippen LogP) is 23.0. The number of ether oxygens (including phenoxy) is 4. The van der Waals surface area contributed by atoms with Crippen molar-refractivity contribution in [1.82, 2.24) is 0 Å². The van der Waals surface area contributed by atoms with E-state index in [1.807, 2.05) is 30.4 Å². The van der Waals surface area contributed by atoms with Crippen LogP contribution in [0.3, 0.4) is 0 Å². The van der Waals surface area contributed by atoms with Gasteiger partial charge in [-0.3, -0.25) is 37.3 Å². The highest BCUT2D eigenvalue weighted by molar-refractivity contribution is 7.47. The molecular weight excluding hydrogens is 1350 g/mol. The molecule has 0 aromatic rings. The normalized spacial score (nSPS) is 14.8. The van der Waals surface area contributed by atoms with Gasteiger partial charge >= 0.3 is 39.5 Å². The third-order valence-electron chi connectivity index (χ3n) is 15.7. The Morgan fingerprint density at radius 1 is 0.288 bits per heavy atom. The first-order valence-electron chi connectivity index (χ1n) is 39.4. The second-order valence-corrected chi connectivity index (χ2v) is 28.5. The lowest BCUT2D eigenvalue weighted by Gasteiger charge is -2.21. The summed E-state index contributed by atoms with van der Waals surface area (Å²) in [6.45, 7) is 4.38. The fourth-order valence-corrected chi connectivity index (χ4v) is 11.3. The summed E-state index contributed by atoms with van der Waals surface area (Å²) in [5.74, 6) is -2.43. The third kappa shape index (κ3) is 74.7. The second-order valence-electron chi connectivity index (χ2n) is 25.5. The molecule has 0 saturated carbocycles. The van der Waals surface area contributed by atoms with Crippen LogP contribution in [0.1, 0.15) is 285 Å². The van der Waals surface area contributed by atoms with Crippen LogP contribution in [-0.2, 0) is 65.4 Å². The monoisotopic (exact) mass is 1490 g/mol. The summed E-state index contributed by atoms with van der Waals surface area (Å²) in [6, 6.07) is 0. The van der Waals surface area contributed by atoms with Gasteiger partial charge < -0.3 is 33.8 Å². The topological polar surface area (TPSA) is 237 Å². The number of hydrogen-bond donors (Lipinski definition) is 3. The number of hydrogen-bond acceptors (Lipinski definition) is 15. The molecule has 0 aliphatic carbocycles. The Kier molecular flexibility index (Phi) is 71.6. The Morgan fingerprint density at radius 3 is 0.923 bits per heavy atom. The van der Waals surface area contributed by atoms with E-state index in [-0.39, 0.29) is 25.7 Å². The van der Waals surface area contributed by atoms with Gasteiger partial charge in [0.25, 0.3) is 0 Å². The molecule has 590 valence electrons. The average molecular weight is 1490 g/mol. The van der Waals surface area contributed by atoms with Gasteiger partial charge in [0.2, 0.25) is 0 Å². The summed E-state index contributed by atoms with van der Waals surface area (Å²) in [6.07, 6.45) is 89.5. The van der Waals surface area contributed by atoms with Crippen molar-refractivity contribution in [2.45, 2.75) is 303 Å². The van der Waals surface area contributed by atoms with E-state index in [1.54, 1.807) is 6.08 Å². The van der Waals surface area contributed by atoms with E-state index < -0.39 is 97.5 Å². The number of aliphatic hydroxyl groups excluding tert-OH is 1. The Labute approximate surface area is 629 Å². The third-order valence-corrected chi connectivity index (χ3v) is 17.6. The zero-order valence-electron chi connectivity index (χ0n) is 64.4. The number of allylic oxidation sites excluding steroid dienone is 27.